The van der Waals surface area contributed by atoms with Crippen molar-refractivity contribution in [2.75, 3.05) is 0 Å². The Bertz CT molecular complexity index is 847. The van der Waals surface area contributed by atoms with Gasteiger partial charge in [0.15, 0.2) is 0 Å². The van der Waals surface area contributed by atoms with Crippen molar-refractivity contribution < 1.29 is 0 Å². The third-order valence-corrected chi connectivity index (χ3v) is 7.00. The monoisotopic (exact) mass is 389 g/mol. The molecule has 7 atom stereocenters. The van der Waals surface area contributed by atoms with Gasteiger partial charge in [0.2, 0.25) is 0 Å². The second kappa shape index (κ2) is 7.22. The molecule has 0 aromatic heterocycles. The van der Waals surface area contributed by atoms with Crippen LogP contribution < -0.4 is 26.6 Å². The molecule has 0 fully saturated rings. The first kappa shape index (κ1) is 17.6. The average molecular weight is 390 g/mol. The Morgan fingerprint density at radius 3 is 1.86 bits per heavy atom. The molecule has 0 aromatic rings. The molecule has 0 aliphatic carbocycles. The van der Waals surface area contributed by atoms with Crippen molar-refractivity contribution in [2.24, 2.45) is 0 Å². The minimum absolute atomic E-state index is 0.392. The lowest BCUT2D eigenvalue weighted by atomic mass is 10.1. The maximum atomic E-state index is 3.81. The molecule has 5 heteroatoms. The third kappa shape index (κ3) is 3.69. The van der Waals surface area contributed by atoms with Crippen LogP contribution >= 0.6 is 0 Å². The van der Waals surface area contributed by atoms with E-state index in [9.17, 15) is 0 Å². The molecule has 0 amide bonds. The number of hydrogen-bond acceptors (Lipinski definition) is 5. The van der Waals surface area contributed by atoms with Crippen LogP contribution in [0.1, 0.15) is 32.1 Å². The molecule has 5 nitrogen and oxygen atoms in total. The van der Waals surface area contributed by atoms with Gasteiger partial charge in [-0.15, -0.1) is 0 Å². The molecule has 6 aliphatic heterocycles. The molecule has 0 aromatic carbocycles. The van der Waals surface area contributed by atoms with Crippen molar-refractivity contribution in [1.29, 1.82) is 0 Å². The highest BCUT2D eigenvalue weighted by atomic mass is 15.1. The van der Waals surface area contributed by atoms with Crippen LogP contribution in [0.3, 0.4) is 0 Å². The summed E-state index contributed by atoms with van der Waals surface area (Å²) in [5.74, 6) is 0. The van der Waals surface area contributed by atoms with Crippen LogP contribution in [-0.2, 0) is 0 Å². The van der Waals surface area contributed by atoms with E-state index in [1.807, 2.05) is 0 Å². The lowest BCUT2D eigenvalue weighted by molar-refractivity contribution is 0.441. The highest BCUT2D eigenvalue weighted by molar-refractivity contribution is 5.40. The number of fused-ring (bicyclic) bond motifs is 10. The summed E-state index contributed by atoms with van der Waals surface area (Å²) in [4.78, 5) is 0. The summed E-state index contributed by atoms with van der Waals surface area (Å²) >= 11 is 0. The molecule has 0 spiro atoms. The van der Waals surface area contributed by atoms with E-state index < -0.39 is 0 Å². The Morgan fingerprint density at radius 2 is 1.17 bits per heavy atom. The molecular formula is C24H31N5. The zero-order valence-corrected chi connectivity index (χ0v) is 16.8. The Labute approximate surface area is 173 Å². The van der Waals surface area contributed by atoms with Gasteiger partial charge >= 0.3 is 0 Å². The van der Waals surface area contributed by atoms with Crippen molar-refractivity contribution in [2.45, 2.75) is 74.4 Å². The summed E-state index contributed by atoms with van der Waals surface area (Å²) in [6.45, 7) is 0. The standard InChI is InChI=1S/C24H31N5/c1-2-16-12-18-4-6-20(27-18)14-22-8-10-24(29-22)23-9-7-21(28-23)13-19-5-3-17(26-19)11-15(1)25-16/h1,3-10,16-22,25-29H,2,11-14H2. The van der Waals surface area contributed by atoms with Crippen LogP contribution in [0.5, 0.6) is 0 Å². The highest BCUT2D eigenvalue weighted by Crippen LogP contribution is 2.25. The predicted molar refractivity (Wildman–Crippen MR) is 117 cm³/mol. The Hall–Kier alpha value is -2.24. The van der Waals surface area contributed by atoms with Gasteiger partial charge in [-0.2, -0.15) is 0 Å². The molecule has 0 saturated carbocycles. The largest absolute Gasteiger partial charge is 0.385 e. The van der Waals surface area contributed by atoms with Crippen LogP contribution in [0.4, 0.5) is 0 Å². The molecule has 7 unspecified atom stereocenters. The van der Waals surface area contributed by atoms with Crippen LogP contribution in [0.2, 0.25) is 0 Å². The van der Waals surface area contributed by atoms with E-state index in [4.69, 9.17) is 0 Å². The molecular weight excluding hydrogens is 358 g/mol. The second-order valence-corrected chi connectivity index (χ2v) is 9.29. The quantitative estimate of drug-likeness (QED) is 0.410. The van der Waals surface area contributed by atoms with Crippen molar-refractivity contribution in [3.05, 3.63) is 71.8 Å². The number of rotatable bonds is 0. The minimum atomic E-state index is 0.392. The Balaban J connectivity index is 1.19. The first-order valence-corrected chi connectivity index (χ1v) is 11.2. The van der Waals surface area contributed by atoms with Gasteiger partial charge in [0, 0.05) is 54.4 Å². The second-order valence-electron chi connectivity index (χ2n) is 9.29. The smallest absolute Gasteiger partial charge is 0.0578 e. The van der Waals surface area contributed by atoms with Gasteiger partial charge < -0.3 is 26.6 Å². The fourth-order valence-electron chi connectivity index (χ4n) is 5.55. The van der Waals surface area contributed by atoms with E-state index in [0.29, 0.717) is 42.3 Å². The van der Waals surface area contributed by atoms with Crippen LogP contribution in [0.25, 0.3) is 0 Å². The van der Waals surface area contributed by atoms with Gasteiger partial charge in [-0.3, -0.25) is 0 Å². The molecule has 6 heterocycles. The Kier molecular flexibility index (Phi) is 4.38. The SMILES string of the molecule is C1=CC2CC3C=CC(CC4=CCC(CC5C=CC(CC6C=CC(=C1N2)N6)N5)N4)N3. The lowest BCUT2D eigenvalue weighted by Crippen LogP contribution is -2.39. The summed E-state index contributed by atoms with van der Waals surface area (Å²) in [7, 11) is 0. The first-order valence-electron chi connectivity index (χ1n) is 11.2. The van der Waals surface area contributed by atoms with E-state index >= 15 is 0 Å². The zero-order chi connectivity index (χ0) is 19.2. The summed E-state index contributed by atoms with van der Waals surface area (Å²) < 4.78 is 0. The third-order valence-electron chi connectivity index (χ3n) is 7.00. The predicted octanol–water partition coefficient (Wildman–Crippen LogP) is 1.87. The molecule has 5 N–H and O–H groups in total. The maximum Gasteiger partial charge on any atom is 0.0578 e. The van der Waals surface area contributed by atoms with Crippen molar-refractivity contribution in [3.63, 3.8) is 0 Å². The minimum Gasteiger partial charge on any atom is -0.385 e. The van der Waals surface area contributed by atoms with E-state index in [0.717, 1.165) is 32.1 Å². The van der Waals surface area contributed by atoms with Gasteiger partial charge in [-0.25, -0.2) is 0 Å². The fourth-order valence-corrected chi connectivity index (χ4v) is 5.55. The van der Waals surface area contributed by atoms with Gasteiger partial charge in [0.25, 0.3) is 0 Å². The summed E-state index contributed by atoms with van der Waals surface area (Å²) in [5, 5.41) is 18.8. The normalized spacial score (nSPS) is 42.2. The summed E-state index contributed by atoms with van der Waals surface area (Å²) in [6.07, 6.45) is 26.5. The molecule has 6 aliphatic rings. The number of nitrogens with one attached hydrogen (secondary N) is 5. The zero-order valence-electron chi connectivity index (χ0n) is 16.8. The molecule has 6 rings (SSSR count). The van der Waals surface area contributed by atoms with E-state index in [1.54, 1.807) is 0 Å². The Morgan fingerprint density at radius 1 is 0.586 bits per heavy atom. The molecule has 10 bridgehead atoms. The first-order chi connectivity index (χ1) is 14.3. The van der Waals surface area contributed by atoms with E-state index in [-0.39, 0.29) is 0 Å². The average Bonchev–Trinajstić information content (AvgIpc) is 3.50. The van der Waals surface area contributed by atoms with Crippen LogP contribution in [0.15, 0.2) is 71.8 Å². The molecule has 152 valence electrons. The van der Waals surface area contributed by atoms with Crippen molar-refractivity contribution >= 4 is 0 Å². The van der Waals surface area contributed by atoms with Gasteiger partial charge in [0.1, 0.15) is 0 Å². The fraction of sp³-hybridized carbons (Fsp3) is 0.500. The summed E-state index contributed by atoms with van der Waals surface area (Å²) in [6, 6.07) is 3.15. The highest BCUT2D eigenvalue weighted by Gasteiger charge is 2.29. The molecule has 0 saturated heterocycles. The van der Waals surface area contributed by atoms with Gasteiger partial charge in [0.05, 0.1) is 11.4 Å². The number of allylic oxidation sites excluding steroid dienone is 2. The number of hydrogen-bond donors (Lipinski definition) is 5. The van der Waals surface area contributed by atoms with Crippen molar-refractivity contribution in [1.82, 2.24) is 26.6 Å². The van der Waals surface area contributed by atoms with E-state index in [2.05, 4.69) is 81.3 Å². The van der Waals surface area contributed by atoms with Crippen LogP contribution in [-0.4, -0.2) is 42.3 Å². The van der Waals surface area contributed by atoms with Crippen molar-refractivity contribution in [3.8, 4) is 0 Å². The molecule has 0 radical (unpaired) electrons. The molecule has 29 heavy (non-hydrogen) atoms. The summed E-state index contributed by atoms with van der Waals surface area (Å²) in [5.41, 5.74) is 3.86. The van der Waals surface area contributed by atoms with E-state index in [1.165, 1.54) is 17.1 Å². The van der Waals surface area contributed by atoms with Gasteiger partial charge in [-0.1, -0.05) is 42.5 Å². The topological polar surface area (TPSA) is 60.1 Å². The lowest BCUT2D eigenvalue weighted by Gasteiger charge is -2.22. The maximum absolute atomic E-state index is 3.81. The van der Waals surface area contributed by atoms with Crippen LogP contribution in [0, 0.1) is 0 Å². The van der Waals surface area contributed by atoms with Gasteiger partial charge in [-0.05, 0) is 37.8 Å².